The van der Waals surface area contributed by atoms with E-state index in [1.54, 1.807) is 28.5 Å². The molecule has 0 spiro atoms. The first-order chi connectivity index (χ1) is 14.5. The first-order valence-electron chi connectivity index (χ1n) is 9.94. The fraction of sp³-hybridized carbons (Fsp3) is 0.450. The van der Waals surface area contributed by atoms with E-state index in [1.165, 1.54) is 24.2 Å². The molecule has 1 aliphatic heterocycles. The van der Waals surface area contributed by atoms with E-state index >= 15 is 0 Å². The fourth-order valence-electron chi connectivity index (χ4n) is 3.24. The van der Waals surface area contributed by atoms with Crippen LogP contribution in [-0.4, -0.2) is 65.9 Å². The molecule has 160 valence electrons. The number of benzene rings is 1. The molecule has 1 saturated carbocycles. The molecule has 7 nitrogen and oxygen atoms in total. The lowest BCUT2D eigenvalue weighted by molar-refractivity contribution is -0.122. The average molecular weight is 468 g/mol. The van der Waals surface area contributed by atoms with Crippen molar-refractivity contribution in [2.75, 3.05) is 44.6 Å². The van der Waals surface area contributed by atoms with Crippen LogP contribution in [0.5, 0.6) is 0 Å². The van der Waals surface area contributed by atoms with Crippen molar-refractivity contribution in [2.45, 2.75) is 12.8 Å². The number of amides is 2. The third kappa shape index (κ3) is 5.63. The summed E-state index contributed by atoms with van der Waals surface area (Å²) in [4.78, 5) is 33.1. The van der Waals surface area contributed by atoms with Gasteiger partial charge in [0.15, 0.2) is 5.13 Å². The van der Waals surface area contributed by atoms with Crippen LogP contribution in [0.3, 0.4) is 0 Å². The number of thiazole rings is 1. The molecule has 2 N–H and O–H groups in total. The van der Waals surface area contributed by atoms with Gasteiger partial charge >= 0.3 is 0 Å². The van der Waals surface area contributed by atoms with Crippen molar-refractivity contribution in [1.82, 2.24) is 20.1 Å². The quantitative estimate of drug-likeness (QED) is 0.651. The Hall–Kier alpha value is -1.87. The summed E-state index contributed by atoms with van der Waals surface area (Å²) >= 11 is 13.3. The van der Waals surface area contributed by atoms with Gasteiger partial charge in [-0.2, -0.15) is 0 Å². The van der Waals surface area contributed by atoms with Crippen LogP contribution in [0.15, 0.2) is 23.6 Å². The summed E-state index contributed by atoms with van der Waals surface area (Å²) in [5.41, 5.74) is 1.17. The highest BCUT2D eigenvalue weighted by Crippen LogP contribution is 2.28. The van der Waals surface area contributed by atoms with Gasteiger partial charge < -0.3 is 15.5 Å². The number of hydrogen-bond donors (Lipinski definition) is 2. The monoisotopic (exact) mass is 467 g/mol. The Morgan fingerprint density at radius 1 is 1.13 bits per heavy atom. The zero-order valence-electron chi connectivity index (χ0n) is 16.4. The SMILES string of the molecule is O=C(CN1CCN(C(=O)c2csc(Nc3ccc(Cl)c(Cl)c3)n2)CC1)NCC1CC1. The molecule has 30 heavy (non-hydrogen) atoms. The molecular weight excluding hydrogens is 445 g/mol. The molecule has 0 unspecified atom stereocenters. The molecule has 0 bridgehead atoms. The Balaban J connectivity index is 1.26. The van der Waals surface area contributed by atoms with E-state index in [9.17, 15) is 9.59 Å². The lowest BCUT2D eigenvalue weighted by Crippen LogP contribution is -2.51. The van der Waals surface area contributed by atoms with Crippen molar-refractivity contribution in [3.05, 3.63) is 39.3 Å². The average Bonchev–Trinajstić information content (AvgIpc) is 3.46. The van der Waals surface area contributed by atoms with Gasteiger partial charge in [-0.05, 0) is 37.0 Å². The molecule has 2 fully saturated rings. The predicted octanol–water partition coefficient (Wildman–Crippen LogP) is 3.48. The Bertz CT molecular complexity index is 926. The van der Waals surface area contributed by atoms with Gasteiger partial charge in [0, 0.05) is 43.8 Å². The van der Waals surface area contributed by atoms with Crippen LogP contribution in [0, 0.1) is 5.92 Å². The lowest BCUT2D eigenvalue weighted by atomic mass is 10.3. The maximum Gasteiger partial charge on any atom is 0.273 e. The molecule has 2 heterocycles. The second kappa shape index (κ2) is 9.51. The van der Waals surface area contributed by atoms with Crippen LogP contribution in [-0.2, 0) is 4.79 Å². The number of hydrogen-bond acceptors (Lipinski definition) is 6. The summed E-state index contributed by atoms with van der Waals surface area (Å²) in [5.74, 6) is 0.656. The first kappa shape index (κ1) is 21.4. The molecule has 4 rings (SSSR count). The van der Waals surface area contributed by atoms with Gasteiger partial charge in [0.25, 0.3) is 5.91 Å². The van der Waals surface area contributed by atoms with Crippen LogP contribution < -0.4 is 10.6 Å². The lowest BCUT2D eigenvalue weighted by Gasteiger charge is -2.33. The molecule has 1 aromatic carbocycles. The van der Waals surface area contributed by atoms with Crippen LogP contribution in [0.1, 0.15) is 23.3 Å². The van der Waals surface area contributed by atoms with Crippen molar-refractivity contribution in [3.63, 3.8) is 0 Å². The Labute approximate surface area is 189 Å². The zero-order chi connectivity index (χ0) is 21.1. The summed E-state index contributed by atoms with van der Waals surface area (Å²) in [6.07, 6.45) is 2.45. The van der Waals surface area contributed by atoms with E-state index in [1.807, 2.05) is 0 Å². The minimum Gasteiger partial charge on any atom is -0.355 e. The number of halogens is 2. The highest BCUT2D eigenvalue weighted by Gasteiger charge is 2.26. The number of nitrogens with one attached hydrogen (secondary N) is 2. The largest absolute Gasteiger partial charge is 0.355 e. The van der Waals surface area contributed by atoms with Crippen LogP contribution in [0.2, 0.25) is 10.0 Å². The first-order valence-corrected chi connectivity index (χ1v) is 11.6. The van der Waals surface area contributed by atoms with Crippen LogP contribution in [0.25, 0.3) is 0 Å². The van der Waals surface area contributed by atoms with E-state index in [-0.39, 0.29) is 11.8 Å². The molecule has 2 aromatic rings. The minimum atomic E-state index is -0.0914. The van der Waals surface area contributed by atoms with Gasteiger partial charge in [0.1, 0.15) is 5.69 Å². The highest BCUT2D eigenvalue weighted by molar-refractivity contribution is 7.14. The summed E-state index contributed by atoms with van der Waals surface area (Å²) in [7, 11) is 0. The maximum atomic E-state index is 12.8. The van der Waals surface area contributed by atoms with E-state index in [0.29, 0.717) is 59.5 Å². The third-order valence-corrected chi connectivity index (χ3v) is 6.70. The number of anilines is 2. The molecule has 0 radical (unpaired) electrons. The van der Waals surface area contributed by atoms with Crippen molar-refractivity contribution < 1.29 is 9.59 Å². The molecule has 10 heteroatoms. The molecule has 1 saturated heterocycles. The Morgan fingerprint density at radius 3 is 2.60 bits per heavy atom. The molecule has 2 aliphatic rings. The van der Waals surface area contributed by atoms with Crippen molar-refractivity contribution in [3.8, 4) is 0 Å². The number of rotatable bonds is 7. The van der Waals surface area contributed by atoms with Gasteiger partial charge in [0.2, 0.25) is 5.91 Å². The zero-order valence-corrected chi connectivity index (χ0v) is 18.7. The van der Waals surface area contributed by atoms with E-state index in [0.717, 1.165) is 12.2 Å². The second-order valence-corrected chi connectivity index (χ2v) is 9.28. The molecular formula is C20H23Cl2N5O2S. The van der Waals surface area contributed by atoms with E-state index in [2.05, 4.69) is 20.5 Å². The van der Waals surface area contributed by atoms with E-state index in [4.69, 9.17) is 23.2 Å². The second-order valence-electron chi connectivity index (χ2n) is 7.61. The molecule has 1 aromatic heterocycles. The topological polar surface area (TPSA) is 77.6 Å². The van der Waals surface area contributed by atoms with Crippen molar-refractivity contribution in [1.29, 1.82) is 0 Å². The minimum absolute atomic E-state index is 0.0687. The van der Waals surface area contributed by atoms with Crippen molar-refractivity contribution in [2.24, 2.45) is 5.92 Å². The number of carbonyl (C=O) groups is 2. The Kier molecular flexibility index (Phi) is 6.77. The van der Waals surface area contributed by atoms with Crippen LogP contribution in [0.4, 0.5) is 10.8 Å². The van der Waals surface area contributed by atoms with Gasteiger partial charge in [-0.25, -0.2) is 4.98 Å². The van der Waals surface area contributed by atoms with Gasteiger partial charge in [-0.3, -0.25) is 14.5 Å². The summed E-state index contributed by atoms with van der Waals surface area (Å²) < 4.78 is 0. The van der Waals surface area contributed by atoms with Crippen LogP contribution >= 0.6 is 34.5 Å². The highest BCUT2D eigenvalue weighted by atomic mass is 35.5. The third-order valence-electron chi connectivity index (χ3n) is 5.21. The summed E-state index contributed by atoms with van der Waals surface area (Å²) in [6, 6.07) is 5.22. The maximum absolute atomic E-state index is 12.8. The van der Waals surface area contributed by atoms with Gasteiger partial charge in [0.05, 0.1) is 16.6 Å². The normalized spacial score (nSPS) is 17.1. The fourth-order valence-corrected chi connectivity index (χ4v) is 4.24. The number of piperazine rings is 1. The standard InChI is InChI=1S/C20H23Cl2N5O2S/c21-15-4-3-14(9-16(15)22)24-20-25-17(12-30-20)19(29)27-7-5-26(6-8-27)11-18(28)23-10-13-1-2-13/h3-4,9,12-13H,1-2,5-8,10-11H2,(H,23,28)(H,24,25). The summed E-state index contributed by atoms with van der Waals surface area (Å²) in [5, 5.41) is 9.43. The number of aromatic nitrogens is 1. The number of carbonyl (C=O) groups excluding carboxylic acids is 2. The molecule has 0 atom stereocenters. The molecule has 2 amide bonds. The van der Waals surface area contributed by atoms with Crippen molar-refractivity contribution >= 4 is 57.2 Å². The predicted molar refractivity (Wildman–Crippen MR) is 120 cm³/mol. The smallest absolute Gasteiger partial charge is 0.273 e. The number of nitrogens with zero attached hydrogens (tertiary/aromatic N) is 3. The Morgan fingerprint density at radius 2 is 1.90 bits per heavy atom. The van der Waals surface area contributed by atoms with E-state index < -0.39 is 0 Å². The van der Waals surface area contributed by atoms with Gasteiger partial charge in [-0.15, -0.1) is 11.3 Å². The molecule has 1 aliphatic carbocycles. The summed E-state index contributed by atoms with van der Waals surface area (Å²) in [6.45, 7) is 3.72. The van der Waals surface area contributed by atoms with Gasteiger partial charge in [-0.1, -0.05) is 23.2 Å².